The molecule has 0 radical (unpaired) electrons. The monoisotopic (exact) mass is 294 g/mol. The summed E-state index contributed by atoms with van der Waals surface area (Å²) in [4.78, 5) is 10.0. The normalized spacial score (nSPS) is 11.2. The molecule has 0 atom stereocenters. The van der Waals surface area contributed by atoms with Gasteiger partial charge >= 0.3 is 0 Å². The molecule has 20 heavy (non-hydrogen) atoms. The largest absolute Gasteiger partial charge is 0.508 e. The number of phenols is 1. The molecule has 0 unspecified atom stereocenters. The molecule has 0 aliphatic heterocycles. The lowest BCUT2D eigenvalue weighted by Crippen LogP contribution is -2.12. The molecule has 0 bridgehead atoms. The summed E-state index contributed by atoms with van der Waals surface area (Å²) in [6, 6.07) is 9.23. The Morgan fingerprint density at radius 2 is 1.85 bits per heavy atom. The fraction of sp³-hybridized carbons (Fsp3) is 0. The lowest BCUT2D eigenvalue weighted by atomic mass is 10.0. The second-order valence-electron chi connectivity index (χ2n) is 4.03. The summed E-state index contributed by atoms with van der Waals surface area (Å²) in [6.07, 6.45) is 0. The lowest BCUT2D eigenvalue weighted by Gasteiger charge is -2.05. The summed E-state index contributed by atoms with van der Waals surface area (Å²) < 4.78 is 22.4. The van der Waals surface area contributed by atoms with Crippen LogP contribution in [-0.2, 0) is 10.0 Å². The van der Waals surface area contributed by atoms with Crippen molar-refractivity contribution in [2.45, 2.75) is 4.90 Å². The molecule has 0 aliphatic rings. The van der Waals surface area contributed by atoms with Crippen molar-refractivity contribution in [1.82, 2.24) is 0 Å². The molecule has 0 saturated carbocycles. The number of nitrogens with two attached hydrogens (primary N) is 1. The third-order valence-corrected chi connectivity index (χ3v) is 3.56. The van der Waals surface area contributed by atoms with Gasteiger partial charge in [0, 0.05) is 6.07 Å². The van der Waals surface area contributed by atoms with Crippen molar-refractivity contribution in [2.75, 3.05) is 0 Å². The summed E-state index contributed by atoms with van der Waals surface area (Å²) in [5.41, 5.74) is 0.193. The van der Waals surface area contributed by atoms with Gasteiger partial charge in [-0.15, -0.1) is 0 Å². The number of hydrogen-bond acceptors (Lipinski definition) is 5. The molecule has 3 N–H and O–H groups in total. The van der Waals surface area contributed by atoms with Gasteiger partial charge in [0.2, 0.25) is 10.0 Å². The Kier molecular flexibility index (Phi) is 3.43. The van der Waals surface area contributed by atoms with Gasteiger partial charge in [0.1, 0.15) is 5.75 Å². The topological polar surface area (TPSA) is 124 Å². The number of nitro benzene ring substituents is 1. The standard InChI is InChI=1S/C12H10N2O5S/c13-20(18,19)10-4-5-11(12(7-10)14(16)17)8-2-1-3-9(15)6-8/h1-7,15H,(H2,13,18,19). The summed E-state index contributed by atoms with van der Waals surface area (Å²) >= 11 is 0. The molecule has 2 aromatic rings. The Morgan fingerprint density at radius 1 is 1.15 bits per heavy atom. The zero-order valence-electron chi connectivity index (χ0n) is 10.1. The molecule has 8 heteroatoms. The highest BCUT2D eigenvalue weighted by atomic mass is 32.2. The Morgan fingerprint density at radius 3 is 2.40 bits per heavy atom. The minimum atomic E-state index is -4.02. The number of hydrogen-bond donors (Lipinski definition) is 2. The number of phenolic OH excluding ortho intramolecular Hbond substituents is 1. The van der Waals surface area contributed by atoms with E-state index in [-0.39, 0.29) is 16.2 Å². The first-order chi connectivity index (χ1) is 9.29. The maximum absolute atomic E-state index is 11.2. The van der Waals surface area contributed by atoms with Crippen molar-refractivity contribution in [1.29, 1.82) is 0 Å². The summed E-state index contributed by atoms with van der Waals surface area (Å²) in [6.45, 7) is 0. The average Bonchev–Trinajstić information content (AvgIpc) is 2.37. The molecule has 0 aliphatic carbocycles. The molecule has 7 nitrogen and oxygen atoms in total. The Hall–Kier alpha value is -2.45. The van der Waals surface area contributed by atoms with Gasteiger partial charge in [-0.2, -0.15) is 0 Å². The van der Waals surface area contributed by atoms with Gasteiger partial charge < -0.3 is 5.11 Å². The van der Waals surface area contributed by atoms with E-state index in [1.54, 1.807) is 6.07 Å². The Labute approximate surface area is 114 Å². The van der Waals surface area contributed by atoms with E-state index < -0.39 is 20.6 Å². The van der Waals surface area contributed by atoms with Crippen LogP contribution in [-0.4, -0.2) is 18.4 Å². The molecule has 0 spiro atoms. The Bertz CT molecular complexity index is 786. The van der Waals surface area contributed by atoms with E-state index in [0.29, 0.717) is 5.56 Å². The van der Waals surface area contributed by atoms with Crippen LogP contribution in [0.1, 0.15) is 0 Å². The van der Waals surface area contributed by atoms with Gasteiger partial charge in [-0.05, 0) is 29.8 Å². The van der Waals surface area contributed by atoms with E-state index in [2.05, 4.69) is 0 Å². The minimum absolute atomic E-state index is 0.0488. The van der Waals surface area contributed by atoms with E-state index >= 15 is 0 Å². The van der Waals surface area contributed by atoms with Gasteiger partial charge in [0.25, 0.3) is 5.69 Å². The van der Waals surface area contributed by atoms with Crippen molar-refractivity contribution in [3.8, 4) is 16.9 Å². The highest BCUT2D eigenvalue weighted by Gasteiger charge is 2.20. The van der Waals surface area contributed by atoms with Gasteiger partial charge in [-0.25, -0.2) is 13.6 Å². The van der Waals surface area contributed by atoms with Gasteiger partial charge in [0.05, 0.1) is 15.4 Å². The number of aromatic hydroxyl groups is 1. The highest BCUT2D eigenvalue weighted by Crippen LogP contribution is 2.33. The first-order valence-corrected chi connectivity index (χ1v) is 6.94. The molecule has 0 aromatic heterocycles. The van der Waals surface area contributed by atoms with E-state index in [4.69, 9.17) is 5.14 Å². The molecule has 104 valence electrons. The van der Waals surface area contributed by atoms with Crippen LogP contribution in [0.4, 0.5) is 5.69 Å². The predicted molar refractivity (Wildman–Crippen MR) is 71.6 cm³/mol. The van der Waals surface area contributed by atoms with Crippen molar-refractivity contribution < 1.29 is 18.4 Å². The average molecular weight is 294 g/mol. The van der Waals surface area contributed by atoms with Crippen molar-refractivity contribution >= 4 is 15.7 Å². The van der Waals surface area contributed by atoms with E-state index in [0.717, 1.165) is 6.07 Å². The smallest absolute Gasteiger partial charge is 0.278 e. The quantitative estimate of drug-likeness (QED) is 0.657. The number of nitrogens with zero attached hydrogens (tertiary/aromatic N) is 1. The van der Waals surface area contributed by atoms with Crippen molar-refractivity contribution in [3.63, 3.8) is 0 Å². The van der Waals surface area contributed by atoms with Crippen LogP contribution in [0.15, 0.2) is 47.4 Å². The van der Waals surface area contributed by atoms with Crippen LogP contribution in [0.2, 0.25) is 0 Å². The minimum Gasteiger partial charge on any atom is -0.508 e. The van der Waals surface area contributed by atoms with E-state index in [9.17, 15) is 23.6 Å². The summed E-state index contributed by atoms with van der Waals surface area (Å²) in [7, 11) is -4.02. The number of sulfonamides is 1. The molecular formula is C12H10N2O5S. The molecular weight excluding hydrogens is 284 g/mol. The van der Waals surface area contributed by atoms with Gasteiger partial charge in [0.15, 0.2) is 0 Å². The van der Waals surface area contributed by atoms with E-state index in [1.165, 1.54) is 30.3 Å². The van der Waals surface area contributed by atoms with E-state index in [1.807, 2.05) is 0 Å². The molecule has 0 amide bonds. The number of rotatable bonds is 3. The fourth-order valence-electron chi connectivity index (χ4n) is 1.76. The predicted octanol–water partition coefficient (Wildman–Crippen LogP) is 1.61. The summed E-state index contributed by atoms with van der Waals surface area (Å²) in [5.74, 6) is -0.0488. The third-order valence-electron chi connectivity index (χ3n) is 2.65. The molecule has 0 fully saturated rings. The maximum Gasteiger partial charge on any atom is 0.278 e. The molecule has 2 aromatic carbocycles. The van der Waals surface area contributed by atoms with Crippen molar-refractivity contribution in [3.05, 3.63) is 52.6 Å². The lowest BCUT2D eigenvalue weighted by molar-refractivity contribution is -0.384. The first kappa shape index (κ1) is 14.0. The highest BCUT2D eigenvalue weighted by molar-refractivity contribution is 7.89. The zero-order valence-corrected chi connectivity index (χ0v) is 10.9. The maximum atomic E-state index is 11.2. The number of nitro groups is 1. The second kappa shape index (κ2) is 4.91. The van der Waals surface area contributed by atoms with Gasteiger partial charge in [-0.1, -0.05) is 12.1 Å². The molecule has 0 heterocycles. The number of primary sulfonamides is 1. The van der Waals surface area contributed by atoms with Crippen LogP contribution in [0.5, 0.6) is 5.75 Å². The van der Waals surface area contributed by atoms with Crippen LogP contribution in [0.3, 0.4) is 0 Å². The third kappa shape index (κ3) is 2.76. The fourth-order valence-corrected chi connectivity index (χ4v) is 2.29. The van der Waals surface area contributed by atoms with Crippen LogP contribution in [0, 0.1) is 10.1 Å². The first-order valence-electron chi connectivity index (χ1n) is 5.39. The van der Waals surface area contributed by atoms with Crippen LogP contribution >= 0.6 is 0 Å². The zero-order chi connectivity index (χ0) is 14.9. The second-order valence-corrected chi connectivity index (χ2v) is 5.59. The SMILES string of the molecule is NS(=O)(=O)c1ccc(-c2cccc(O)c2)c([N+](=O)[O-])c1. The molecule has 0 saturated heterocycles. The van der Waals surface area contributed by atoms with Crippen LogP contribution < -0.4 is 5.14 Å². The number of benzene rings is 2. The molecule has 2 rings (SSSR count). The summed E-state index contributed by atoms with van der Waals surface area (Å²) in [5, 5.41) is 25.4. The van der Waals surface area contributed by atoms with Gasteiger partial charge in [-0.3, -0.25) is 10.1 Å². The Balaban J connectivity index is 2.69. The van der Waals surface area contributed by atoms with Crippen molar-refractivity contribution in [2.24, 2.45) is 5.14 Å². The van der Waals surface area contributed by atoms with Crippen LogP contribution in [0.25, 0.3) is 11.1 Å².